The number of thiophene rings is 1. The molecule has 0 bridgehead atoms. The summed E-state index contributed by atoms with van der Waals surface area (Å²) >= 11 is 1.87. The smallest absolute Gasteiger partial charge is 0.143 e. The molecule has 0 saturated carbocycles. The molecule has 0 aliphatic rings. The zero-order chi connectivity index (χ0) is 36.3. The van der Waals surface area contributed by atoms with Gasteiger partial charge in [0.1, 0.15) is 11.2 Å². The average molecular weight is 720 g/mol. The van der Waals surface area contributed by atoms with Crippen LogP contribution < -0.4 is 4.90 Å². The van der Waals surface area contributed by atoms with E-state index in [1.807, 2.05) is 17.4 Å². The maximum Gasteiger partial charge on any atom is 0.143 e. The van der Waals surface area contributed by atoms with Gasteiger partial charge in [0.05, 0.1) is 0 Å². The maximum atomic E-state index is 6.53. The number of fused-ring (bicyclic) bond motifs is 8. The molecule has 0 amide bonds. The van der Waals surface area contributed by atoms with Gasteiger partial charge in [-0.1, -0.05) is 146 Å². The van der Waals surface area contributed by atoms with Crippen LogP contribution in [-0.2, 0) is 0 Å². The van der Waals surface area contributed by atoms with Crippen molar-refractivity contribution < 1.29 is 4.42 Å². The molecule has 11 aromatic rings. The predicted octanol–water partition coefficient (Wildman–Crippen LogP) is 15.6. The van der Waals surface area contributed by atoms with Gasteiger partial charge in [-0.2, -0.15) is 0 Å². The van der Waals surface area contributed by atoms with Crippen LogP contribution in [0.1, 0.15) is 0 Å². The highest BCUT2D eigenvalue weighted by molar-refractivity contribution is 7.26. The summed E-state index contributed by atoms with van der Waals surface area (Å²) < 4.78 is 9.16. The first-order valence-corrected chi connectivity index (χ1v) is 19.5. The highest BCUT2D eigenvalue weighted by Gasteiger charge is 2.19. The van der Waals surface area contributed by atoms with Gasteiger partial charge in [0.25, 0.3) is 0 Å². The van der Waals surface area contributed by atoms with E-state index in [2.05, 4.69) is 199 Å². The predicted molar refractivity (Wildman–Crippen MR) is 235 cm³/mol. The third kappa shape index (κ3) is 5.32. The zero-order valence-electron chi connectivity index (χ0n) is 29.8. The van der Waals surface area contributed by atoms with Crippen LogP contribution >= 0.6 is 11.3 Å². The number of furan rings is 1. The summed E-state index contributed by atoms with van der Waals surface area (Å²) in [5, 5.41) is 7.20. The molecule has 258 valence electrons. The van der Waals surface area contributed by atoms with Crippen molar-refractivity contribution in [3.63, 3.8) is 0 Å². The zero-order valence-corrected chi connectivity index (χ0v) is 30.6. The topological polar surface area (TPSA) is 16.4 Å². The van der Waals surface area contributed by atoms with Gasteiger partial charge >= 0.3 is 0 Å². The van der Waals surface area contributed by atoms with Crippen molar-refractivity contribution in [3.8, 4) is 33.4 Å². The second-order valence-corrected chi connectivity index (χ2v) is 15.1. The van der Waals surface area contributed by atoms with Crippen molar-refractivity contribution in [2.75, 3.05) is 4.90 Å². The average Bonchev–Trinajstić information content (AvgIpc) is 3.84. The molecule has 0 aliphatic heterocycles. The van der Waals surface area contributed by atoms with Gasteiger partial charge in [-0.3, -0.25) is 0 Å². The fourth-order valence-corrected chi connectivity index (χ4v) is 9.48. The van der Waals surface area contributed by atoms with Crippen LogP contribution in [0.4, 0.5) is 17.1 Å². The molecule has 0 saturated heterocycles. The van der Waals surface area contributed by atoms with Gasteiger partial charge in [-0.15, -0.1) is 11.3 Å². The van der Waals surface area contributed by atoms with Crippen LogP contribution in [0.15, 0.2) is 205 Å². The second-order valence-electron chi connectivity index (χ2n) is 14.1. The fraction of sp³-hybridized carbons (Fsp3) is 0. The van der Waals surface area contributed by atoms with Gasteiger partial charge in [-0.25, -0.2) is 0 Å². The molecule has 11 rings (SSSR count). The van der Waals surface area contributed by atoms with Crippen molar-refractivity contribution in [1.82, 2.24) is 0 Å². The first-order valence-electron chi connectivity index (χ1n) is 18.7. The Bertz CT molecular complexity index is 3190. The third-order valence-electron chi connectivity index (χ3n) is 10.9. The largest absolute Gasteiger partial charge is 0.455 e. The molecule has 9 aromatic carbocycles. The SMILES string of the molecule is c1ccc(-c2ccc(N(c3ccc(-c4cc5ccccc5c5oc6ccccc6c45)cc3)c3cccc(-c4cccc5c4sc4ccccc45)c3)cc2)cc1. The summed E-state index contributed by atoms with van der Waals surface area (Å²) in [6.45, 7) is 0. The normalized spacial score (nSPS) is 11.6. The molecule has 2 aromatic heterocycles. The highest BCUT2D eigenvalue weighted by Crippen LogP contribution is 2.44. The van der Waals surface area contributed by atoms with E-state index < -0.39 is 0 Å². The molecule has 0 fully saturated rings. The molecule has 3 heteroatoms. The standard InChI is InChI=1S/C52H33NOS/c1-2-12-34(13-3-1)35-24-28-39(29-25-35)53(41-16-10-15-37(32-41)43-20-11-21-45-44-18-7-9-23-49(44)55-52(43)45)40-30-26-36(27-31-40)47-33-38-14-4-5-17-42(38)51-50(47)46-19-6-8-22-48(46)54-51/h1-33H. The Morgan fingerprint density at radius 1 is 0.382 bits per heavy atom. The number of anilines is 3. The monoisotopic (exact) mass is 719 g/mol. The van der Waals surface area contributed by atoms with Gasteiger partial charge in [-0.05, 0) is 93.4 Å². The minimum Gasteiger partial charge on any atom is -0.455 e. The van der Waals surface area contributed by atoms with E-state index in [0.29, 0.717) is 0 Å². The van der Waals surface area contributed by atoms with Crippen LogP contribution in [0.2, 0.25) is 0 Å². The van der Waals surface area contributed by atoms with E-state index in [1.54, 1.807) is 0 Å². The molecular formula is C52H33NOS. The van der Waals surface area contributed by atoms with Crippen LogP contribution in [0.5, 0.6) is 0 Å². The summed E-state index contributed by atoms with van der Waals surface area (Å²) in [6, 6.07) is 72.1. The summed E-state index contributed by atoms with van der Waals surface area (Å²) in [5.74, 6) is 0. The van der Waals surface area contributed by atoms with Crippen LogP contribution in [0.25, 0.3) is 86.3 Å². The Kier molecular flexibility index (Phi) is 7.39. The molecule has 55 heavy (non-hydrogen) atoms. The third-order valence-corrected chi connectivity index (χ3v) is 12.1. The van der Waals surface area contributed by atoms with E-state index in [-0.39, 0.29) is 0 Å². The molecule has 0 atom stereocenters. The van der Waals surface area contributed by atoms with E-state index in [0.717, 1.165) is 50.0 Å². The van der Waals surface area contributed by atoms with Crippen LogP contribution in [0.3, 0.4) is 0 Å². The summed E-state index contributed by atoms with van der Waals surface area (Å²) in [5.41, 5.74) is 12.3. The summed E-state index contributed by atoms with van der Waals surface area (Å²) in [4.78, 5) is 2.37. The molecule has 0 N–H and O–H groups in total. The van der Waals surface area contributed by atoms with Crippen molar-refractivity contribution in [2.45, 2.75) is 0 Å². The van der Waals surface area contributed by atoms with Gasteiger partial charge in [0.15, 0.2) is 0 Å². The lowest BCUT2D eigenvalue weighted by Gasteiger charge is -2.26. The van der Waals surface area contributed by atoms with E-state index in [9.17, 15) is 0 Å². The molecule has 0 unspecified atom stereocenters. The second kappa shape index (κ2) is 12.9. The molecule has 2 nitrogen and oxygen atoms in total. The highest BCUT2D eigenvalue weighted by atomic mass is 32.1. The van der Waals surface area contributed by atoms with E-state index in [4.69, 9.17) is 4.42 Å². The van der Waals surface area contributed by atoms with Crippen molar-refractivity contribution in [1.29, 1.82) is 0 Å². The van der Waals surface area contributed by atoms with Gasteiger partial charge in [0, 0.05) is 53.4 Å². The number of hydrogen-bond donors (Lipinski definition) is 0. The Balaban J connectivity index is 1.06. The number of para-hydroxylation sites is 1. The Labute approximate surface area is 322 Å². The Hall–Kier alpha value is -6.94. The summed E-state index contributed by atoms with van der Waals surface area (Å²) in [6.07, 6.45) is 0. The molecule has 2 heterocycles. The Morgan fingerprint density at radius 3 is 1.82 bits per heavy atom. The van der Waals surface area contributed by atoms with Crippen molar-refractivity contribution in [3.05, 3.63) is 200 Å². The minimum atomic E-state index is 0.906. The number of benzene rings is 9. The lowest BCUT2D eigenvalue weighted by Crippen LogP contribution is -2.10. The van der Waals surface area contributed by atoms with Crippen LogP contribution in [-0.4, -0.2) is 0 Å². The first kappa shape index (κ1) is 31.6. The van der Waals surface area contributed by atoms with Gasteiger partial charge < -0.3 is 9.32 Å². The Morgan fingerprint density at radius 2 is 1.00 bits per heavy atom. The minimum absolute atomic E-state index is 0.906. The number of hydrogen-bond acceptors (Lipinski definition) is 3. The quantitative estimate of drug-likeness (QED) is 0.170. The molecular weight excluding hydrogens is 687 g/mol. The fourth-order valence-electron chi connectivity index (χ4n) is 8.25. The van der Waals surface area contributed by atoms with Crippen molar-refractivity contribution >= 4 is 81.3 Å². The lowest BCUT2D eigenvalue weighted by molar-refractivity contribution is 0.673. The van der Waals surface area contributed by atoms with E-state index >= 15 is 0 Å². The number of nitrogens with zero attached hydrogens (tertiary/aromatic N) is 1. The molecule has 0 spiro atoms. The van der Waals surface area contributed by atoms with E-state index in [1.165, 1.54) is 53.4 Å². The first-order chi connectivity index (χ1) is 27.3. The number of rotatable bonds is 6. The molecule has 0 aliphatic carbocycles. The molecule has 0 radical (unpaired) electrons. The lowest BCUT2D eigenvalue weighted by atomic mass is 9.95. The van der Waals surface area contributed by atoms with Gasteiger partial charge in [0.2, 0.25) is 0 Å². The maximum absolute atomic E-state index is 6.53. The van der Waals surface area contributed by atoms with Crippen LogP contribution in [0, 0.1) is 0 Å². The summed E-state index contributed by atoms with van der Waals surface area (Å²) in [7, 11) is 0. The van der Waals surface area contributed by atoms with Crippen molar-refractivity contribution in [2.24, 2.45) is 0 Å².